The van der Waals surface area contributed by atoms with Crippen molar-refractivity contribution in [2.24, 2.45) is 34.5 Å². The monoisotopic (exact) mass is 532 g/mol. The lowest BCUT2D eigenvalue weighted by molar-refractivity contribution is -0.140. The Labute approximate surface area is 227 Å². The zero-order valence-electron chi connectivity index (χ0n) is 25.1. The largest absolute Gasteiger partial charge is 0.461 e. The van der Waals surface area contributed by atoms with Crippen molar-refractivity contribution in [2.75, 3.05) is 6.61 Å². The molecule has 7 atom stereocenters. The van der Waals surface area contributed by atoms with E-state index in [-0.39, 0.29) is 22.5 Å². The summed E-state index contributed by atoms with van der Waals surface area (Å²) in [6.07, 6.45) is 12.6. The Morgan fingerprint density at radius 2 is 1.73 bits per heavy atom. The number of rotatable bonds is 6. The number of carbonyl (C=O) groups excluding carboxylic acids is 1. The Morgan fingerprint density at radius 1 is 1.08 bits per heavy atom. The molecule has 4 rings (SSSR count). The van der Waals surface area contributed by atoms with E-state index in [2.05, 4.69) is 60.7 Å². The summed E-state index contributed by atoms with van der Waals surface area (Å²) in [6.45, 7) is 20.8. The minimum absolute atomic E-state index is 0.217. The quantitative estimate of drug-likeness (QED) is 0.148. The molecular formula is C32H53FO3Si. The number of carbonyl (C=O) groups is 1. The van der Waals surface area contributed by atoms with Crippen LogP contribution in [0.5, 0.6) is 0 Å². The van der Waals surface area contributed by atoms with Gasteiger partial charge in [-0.2, -0.15) is 4.39 Å². The highest BCUT2D eigenvalue weighted by Gasteiger charge is 2.60. The Balaban J connectivity index is 1.65. The number of hydrogen-bond acceptors (Lipinski definition) is 3. The van der Waals surface area contributed by atoms with Crippen LogP contribution in [0.3, 0.4) is 0 Å². The highest BCUT2D eigenvalue weighted by molar-refractivity contribution is 6.74. The Hall–Kier alpha value is -0.943. The topological polar surface area (TPSA) is 35.5 Å². The zero-order chi connectivity index (χ0) is 27.4. The number of halogens is 1. The van der Waals surface area contributed by atoms with E-state index in [0.29, 0.717) is 36.2 Å². The molecule has 0 heterocycles. The van der Waals surface area contributed by atoms with E-state index in [9.17, 15) is 4.79 Å². The van der Waals surface area contributed by atoms with Gasteiger partial charge >= 0.3 is 5.97 Å². The van der Waals surface area contributed by atoms with E-state index in [1.165, 1.54) is 19.3 Å². The molecule has 0 spiro atoms. The van der Waals surface area contributed by atoms with Crippen molar-refractivity contribution in [3.63, 3.8) is 0 Å². The van der Waals surface area contributed by atoms with Crippen LogP contribution in [0.2, 0.25) is 18.1 Å². The molecule has 0 radical (unpaired) electrons. The van der Waals surface area contributed by atoms with E-state index in [0.717, 1.165) is 37.7 Å². The predicted molar refractivity (Wildman–Crippen MR) is 152 cm³/mol. The van der Waals surface area contributed by atoms with E-state index in [1.54, 1.807) is 12.5 Å². The molecule has 5 heteroatoms. The van der Waals surface area contributed by atoms with Gasteiger partial charge in [-0.3, -0.25) is 0 Å². The highest BCUT2D eigenvalue weighted by Crippen LogP contribution is 2.68. The maximum Gasteiger partial charge on any atom is 0.367 e. The Morgan fingerprint density at radius 3 is 2.35 bits per heavy atom. The predicted octanol–water partition coefficient (Wildman–Crippen LogP) is 9.15. The number of allylic oxidation sites excluding steroid dienone is 2. The lowest BCUT2D eigenvalue weighted by atomic mass is 9.45. The summed E-state index contributed by atoms with van der Waals surface area (Å²) in [4.78, 5) is 12.4. The second-order valence-electron chi connectivity index (χ2n) is 14.6. The second-order valence-corrected chi connectivity index (χ2v) is 19.4. The molecule has 3 fully saturated rings. The molecular weight excluding hydrogens is 479 g/mol. The molecule has 0 amide bonds. The third kappa shape index (κ3) is 4.94. The average molecular weight is 533 g/mol. The van der Waals surface area contributed by atoms with Gasteiger partial charge in [0.1, 0.15) is 0 Å². The molecule has 37 heavy (non-hydrogen) atoms. The molecule has 0 aromatic heterocycles. The molecule has 0 bridgehead atoms. The molecule has 210 valence electrons. The fourth-order valence-electron chi connectivity index (χ4n) is 8.58. The molecule has 0 N–H and O–H groups in total. The smallest absolute Gasteiger partial charge is 0.367 e. The van der Waals surface area contributed by atoms with Gasteiger partial charge in [0.05, 0.1) is 6.61 Å². The molecule has 0 saturated heterocycles. The first kappa shape index (κ1) is 29.0. The number of esters is 1. The van der Waals surface area contributed by atoms with Crippen LogP contribution in [0.1, 0.15) is 106 Å². The van der Waals surface area contributed by atoms with Gasteiger partial charge in [-0.05, 0) is 116 Å². The van der Waals surface area contributed by atoms with Gasteiger partial charge < -0.3 is 9.16 Å². The third-order valence-electron chi connectivity index (χ3n) is 11.6. The molecule has 4 aliphatic carbocycles. The van der Waals surface area contributed by atoms with Crippen LogP contribution in [0.25, 0.3) is 0 Å². The van der Waals surface area contributed by atoms with Crippen LogP contribution in [0, 0.1) is 34.5 Å². The fourth-order valence-corrected chi connectivity index (χ4v) is 9.97. The van der Waals surface area contributed by atoms with E-state index < -0.39 is 20.1 Å². The minimum Gasteiger partial charge on any atom is -0.461 e. The van der Waals surface area contributed by atoms with E-state index >= 15 is 4.39 Å². The van der Waals surface area contributed by atoms with Crippen LogP contribution in [0.4, 0.5) is 4.39 Å². The highest BCUT2D eigenvalue weighted by atomic mass is 28.4. The van der Waals surface area contributed by atoms with Crippen LogP contribution < -0.4 is 0 Å². The standard InChI is InChI=1S/C32H53FO3Si/c1-10-12-21-19-22-20-23(36-37(8,9)30(3,4)5)15-17-31(22,6)25-16-18-32(7)24(27(21)25)13-14-26(32)28(33)29(34)35-11-2/h19,21,23-25,27H,10-18,20H2,1-9H3/t21-,23?,24-,25-,27-,31-,32-/m0/s1. The van der Waals surface area contributed by atoms with Crippen LogP contribution >= 0.6 is 0 Å². The Kier molecular flexibility index (Phi) is 8.03. The van der Waals surface area contributed by atoms with Crippen molar-refractivity contribution in [2.45, 2.75) is 130 Å². The summed E-state index contributed by atoms with van der Waals surface area (Å²) in [5.41, 5.74) is 2.39. The van der Waals surface area contributed by atoms with Crippen molar-refractivity contribution < 1.29 is 18.3 Å². The van der Waals surface area contributed by atoms with Crippen molar-refractivity contribution in [3.05, 3.63) is 23.0 Å². The van der Waals surface area contributed by atoms with E-state index in [1.807, 2.05) is 0 Å². The molecule has 0 aliphatic heterocycles. The number of ether oxygens (including phenoxy) is 1. The van der Waals surface area contributed by atoms with Crippen LogP contribution in [-0.4, -0.2) is 27.0 Å². The molecule has 3 nitrogen and oxygen atoms in total. The third-order valence-corrected chi connectivity index (χ3v) is 16.2. The van der Waals surface area contributed by atoms with Gasteiger partial charge in [-0.15, -0.1) is 0 Å². The summed E-state index contributed by atoms with van der Waals surface area (Å²) in [7, 11) is -1.81. The number of fused-ring (bicyclic) bond motifs is 5. The first-order valence-electron chi connectivity index (χ1n) is 15.1. The van der Waals surface area contributed by atoms with Gasteiger partial charge in [-0.1, -0.05) is 59.6 Å². The van der Waals surface area contributed by atoms with Crippen molar-refractivity contribution >= 4 is 14.3 Å². The zero-order valence-corrected chi connectivity index (χ0v) is 26.1. The van der Waals surface area contributed by atoms with Gasteiger partial charge in [0.25, 0.3) is 0 Å². The first-order valence-corrected chi connectivity index (χ1v) is 18.1. The van der Waals surface area contributed by atoms with Crippen molar-refractivity contribution in [1.29, 1.82) is 0 Å². The molecule has 0 aromatic carbocycles. The summed E-state index contributed by atoms with van der Waals surface area (Å²) in [5.74, 6) is 0.829. The van der Waals surface area contributed by atoms with Gasteiger partial charge in [0.15, 0.2) is 8.32 Å². The van der Waals surface area contributed by atoms with Crippen LogP contribution in [-0.2, 0) is 14.0 Å². The molecule has 0 aromatic rings. The molecule has 1 unspecified atom stereocenters. The average Bonchev–Trinajstić information content (AvgIpc) is 3.16. The van der Waals surface area contributed by atoms with Crippen molar-refractivity contribution in [1.82, 2.24) is 0 Å². The van der Waals surface area contributed by atoms with Crippen LogP contribution in [0.15, 0.2) is 23.0 Å². The number of hydrogen-bond donors (Lipinski definition) is 0. The van der Waals surface area contributed by atoms with Gasteiger partial charge in [0.2, 0.25) is 5.83 Å². The minimum atomic E-state index is -1.81. The fraction of sp³-hybridized carbons (Fsp3) is 0.844. The maximum atomic E-state index is 15.4. The van der Waals surface area contributed by atoms with Gasteiger partial charge in [0, 0.05) is 6.10 Å². The van der Waals surface area contributed by atoms with E-state index in [4.69, 9.17) is 9.16 Å². The summed E-state index contributed by atoms with van der Waals surface area (Å²) in [6, 6.07) is 0. The normalized spacial score (nSPS) is 39.3. The summed E-state index contributed by atoms with van der Waals surface area (Å²) < 4.78 is 27.4. The first-order chi connectivity index (χ1) is 17.2. The SMILES string of the molecule is CCC[C@H]1C=C2CC(O[Si](C)(C)C(C)(C)C)CC[C@]2(C)[C@H]2CC[C@]3(C)C(=C(F)C(=O)OCC)CC[C@H]3[C@H]12. The lowest BCUT2D eigenvalue weighted by Gasteiger charge is -2.60. The second kappa shape index (κ2) is 10.2. The summed E-state index contributed by atoms with van der Waals surface area (Å²) in [5, 5.41) is 0.227. The van der Waals surface area contributed by atoms with Gasteiger partial charge in [-0.25, -0.2) is 4.79 Å². The Bertz CT molecular complexity index is 946. The summed E-state index contributed by atoms with van der Waals surface area (Å²) >= 11 is 0. The maximum absolute atomic E-state index is 15.4. The lowest BCUT2D eigenvalue weighted by Crippen LogP contribution is -2.53. The molecule has 4 aliphatic rings. The van der Waals surface area contributed by atoms with Crippen molar-refractivity contribution in [3.8, 4) is 0 Å². The molecule has 3 saturated carbocycles.